The van der Waals surface area contributed by atoms with Gasteiger partial charge in [0.15, 0.2) is 5.78 Å². The number of aromatic amines is 1. The van der Waals surface area contributed by atoms with Crippen LogP contribution in [0.3, 0.4) is 0 Å². The number of fused-ring (bicyclic) bond motifs is 1. The van der Waals surface area contributed by atoms with Gasteiger partial charge in [-0.2, -0.15) is 0 Å². The van der Waals surface area contributed by atoms with E-state index in [9.17, 15) is 4.79 Å². The molecule has 0 aliphatic heterocycles. The second-order valence-corrected chi connectivity index (χ2v) is 7.65. The molecule has 5 nitrogen and oxygen atoms in total. The van der Waals surface area contributed by atoms with Gasteiger partial charge in [-0.3, -0.25) is 4.79 Å². The largest absolute Gasteiger partial charge is 0.485 e. The predicted octanol–water partition coefficient (Wildman–Crippen LogP) is 5.22. The van der Waals surface area contributed by atoms with E-state index < -0.39 is 0 Å². The minimum Gasteiger partial charge on any atom is -0.485 e. The zero-order valence-corrected chi connectivity index (χ0v) is 17.4. The first-order valence-corrected chi connectivity index (χ1v) is 10.7. The van der Waals surface area contributed by atoms with Gasteiger partial charge in [0.2, 0.25) is 0 Å². The molecule has 0 bridgehead atoms. The number of Topliss-reactive ketones (excluding diaryl/α,β-unsaturated/α-hetero) is 1. The van der Waals surface area contributed by atoms with Crippen molar-refractivity contribution < 1.29 is 14.3 Å². The number of benzene rings is 2. The molecule has 1 aromatic heterocycles. The summed E-state index contributed by atoms with van der Waals surface area (Å²) >= 11 is 0. The molecule has 2 aromatic carbocycles. The van der Waals surface area contributed by atoms with Gasteiger partial charge in [0, 0.05) is 43.0 Å². The molecule has 0 saturated carbocycles. The fourth-order valence-electron chi connectivity index (χ4n) is 4.00. The van der Waals surface area contributed by atoms with E-state index in [1.54, 1.807) is 6.20 Å². The number of H-pyrrole nitrogens is 1. The molecule has 30 heavy (non-hydrogen) atoms. The first-order chi connectivity index (χ1) is 14.8. The first-order valence-electron chi connectivity index (χ1n) is 10.7. The van der Waals surface area contributed by atoms with E-state index in [2.05, 4.69) is 29.0 Å². The summed E-state index contributed by atoms with van der Waals surface area (Å²) in [6.07, 6.45) is 7.35. The molecular weight excluding hydrogens is 376 g/mol. The Hall–Kier alpha value is -2.92. The van der Waals surface area contributed by atoms with Gasteiger partial charge in [0.05, 0.1) is 6.61 Å². The Labute approximate surface area is 177 Å². The number of rotatable bonds is 9. The lowest BCUT2D eigenvalue weighted by Gasteiger charge is -2.25. The van der Waals surface area contributed by atoms with Crippen LogP contribution in [0.2, 0.25) is 0 Å². The summed E-state index contributed by atoms with van der Waals surface area (Å²) < 4.78 is 12.5. The van der Waals surface area contributed by atoms with E-state index in [-0.39, 0.29) is 11.9 Å². The van der Waals surface area contributed by atoms with Crippen molar-refractivity contribution in [3.05, 3.63) is 82.9 Å². The number of ether oxygens (including phenoxy) is 2. The van der Waals surface area contributed by atoms with Crippen molar-refractivity contribution >= 4 is 5.78 Å². The Balaban J connectivity index is 1.68. The average molecular weight is 405 g/mol. The van der Waals surface area contributed by atoms with Gasteiger partial charge in [-0.05, 0) is 42.5 Å². The summed E-state index contributed by atoms with van der Waals surface area (Å²) in [5.41, 5.74) is 4.01. The molecule has 1 heterocycles. The highest BCUT2D eigenvalue weighted by Gasteiger charge is 2.24. The standard InChI is InChI=1S/C25H28N2O3/c1-2-15-29-17-21-19-9-6-10-22(28)20(19)11-12-23(21)30-24(16-25-26-13-14-27-25)18-7-4-3-5-8-18/h3-5,7-8,11-14,24H,2,6,9-10,15-17H2,1H3,(H,26,27)/t24-/m0/s1. The van der Waals surface area contributed by atoms with E-state index in [0.717, 1.165) is 53.1 Å². The van der Waals surface area contributed by atoms with E-state index >= 15 is 0 Å². The maximum Gasteiger partial charge on any atom is 0.163 e. The van der Waals surface area contributed by atoms with E-state index in [1.165, 1.54) is 0 Å². The zero-order valence-electron chi connectivity index (χ0n) is 17.4. The van der Waals surface area contributed by atoms with Crippen LogP contribution < -0.4 is 4.74 Å². The Morgan fingerprint density at radius 2 is 2.00 bits per heavy atom. The van der Waals surface area contributed by atoms with Crippen LogP contribution in [0.15, 0.2) is 54.9 Å². The van der Waals surface area contributed by atoms with Gasteiger partial charge >= 0.3 is 0 Å². The summed E-state index contributed by atoms with van der Waals surface area (Å²) in [6.45, 7) is 3.24. The Kier molecular flexibility index (Phi) is 6.60. The van der Waals surface area contributed by atoms with Crippen LogP contribution in [0, 0.1) is 0 Å². The van der Waals surface area contributed by atoms with E-state index in [1.807, 2.05) is 36.5 Å². The number of nitrogens with one attached hydrogen (secondary N) is 1. The molecule has 0 unspecified atom stereocenters. The number of imidazole rings is 1. The quantitative estimate of drug-likeness (QED) is 0.497. The predicted molar refractivity (Wildman–Crippen MR) is 116 cm³/mol. The van der Waals surface area contributed by atoms with Crippen molar-refractivity contribution in [3.8, 4) is 5.75 Å². The van der Waals surface area contributed by atoms with Crippen molar-refractivity contribution in [1.82, 2.24) is 9.97 Å². The maximum absolute atomic E-state index is 12.4. The summed E-state index contributed by atoms with van der Waals surface area (Å²) in [4.78, 5) is 20.0. The smallest absolute Gasteiger partial charge is 0.163 e. The lowest BCUT2D eigenvalue weighted by atomic mass is 9.87. The second-order valence-electron chi connectivity index (χ2n) is 7.65. The van der Waals surface area contributed by atoms with Gasteiger partial charge in [0.25, 0.3) is 0 Å². The molecule has 0 saturated heterocycles. The highest BCUT2D eigenvalue weighted by atomic mass is 16.5. The van der Waals surface area contributed by atoms with Gasteiger partial charge in [-0.15, -0.1) is 0 Å². The third kappa shape index (κ3) is 4.62. The molecule has 1 aliphatic rings. The lowest BCUT2D eigenvalue weighted by molar-refractivity contribution is 0.0968. The maximum atomic E-state index is 12.4. The minimum absolute atomic E-state index is 0.195. The number of nitrogens with zero attached hydrogens (tertiary/aromatic N) is 1. The Morgan fingerprint density at radius 1 is 1.13 bits per heavy atom. The molecule has 4 rings (SSSR count). The molecule has 156 valence electrons. The molecule has 1 atom stereocenters. The summed E-state index contributed by atoms with van der Waals surface area (Å²) in [5, 5.41) is 0. The van der Waals surface area contributed by atoms with Crippen molar-refractivity contribution in [3.63, 3.8) is 0 Å². The van der Waals surface area contributed by atoms with Gasteiger partial charge in [-0.25, -0.2) is 4.98 Å². The summed E-state index contributed by atoms with van der Waals surface area (Å²) in [7, 11) is 0. The average Bonchev–Trinajstić information content (AvgIpc) is 3.28. The van der Waals surface area contributed by atoms with E-state index in [4.69, 9.17) is 9.47 Å². The van der Waals surface area contributed by atoms with Crippen LogP contribution in [-0.4, -0.2) is 22.4 Å². The highest BCUT2D eigenvalue weighted by molar-refractivity contribution is 5.99. The fraction of sp³-hybridized carbons (Fsp3) is 0.360. The van der Waals surface area contributed by atoms with Crippen LogP contribution in [0.1, 0.15) is 65.2 Å². The number of ketones is 1. The van der Waals surface area contributed by atoms with Gasteiger partial charge in [0.1, 0.15) is 17.7 Å². The monoisotopic (exact) mass is 404 g/mol. The molecule has 0 fully saturated rings. The third-order valence-corrected chi connectivity index (χ3v) is 5.49. The summed E-state index contributed by atoms with van der Waals surface area (Å²) in [6, 6.07) is 14.0. The van der Waals surface area contributed by atoms with Crippen LogP contribution >= 0.6 is 0 Å². The highest BCUT2D eigenvalue weighted by Crippen LogP contribution is 2.35. The van der Waals surface area contributed by atoms with Crippen molar-refractivity contribution in [2.75, 3.05) is 6.61 Å². The number of carbonyl (C=O) groups is 1. The molecular formula is C25H28N2O3. The molecule has 0 amide bonds. The van der Waals surface area contributed by atoms with Crippen LogP contribution in [0.4, 0.5) is 0 Å². The molecule has 5 heteroatoms. The molecule has 1 N–H and O–H groups in total. The zero-order chi connectivity index (χ0) is 20.8. The summed E-state index contributed by atoms with van der Waals surface area (Å²) in [5.74, 6) is 1.88. The lowest BCUT2D eigenvalue weighted by Crippen LogP contribution is -2.17. The van der Waals surface area contributed by atoms with Crippen molar-refractivity contribution in [2.45, 2.75) is 51.7 Å². The van der Waals surface area contributed by atoms with Crippen LogP contribution in [0.5, 0.6) is 5.75 Å². The number of carbonyl (C=O) groups excluding carboxylic acids is 1. The second kappa shape index (κ2) is 9.72. The van der Waals surface area contributed by atoms with Crippen molar-refractivity contribution in [2.24, 2.45) is 0 Å². The third-order valence-electron chi connectivity index (χ3n) is 5.49. The Bertz CT molecular complexity index is 968. The molecule has 0 radical (unpaired) electrons. The van der Waals surface area contributed by atoms with Gasteiger partial charge < -0.3 is 14.5 Å². The first kappa shape index (κ1) is 20.4. The van der Waals surface area contributed by atoms with Crippen LogP contribution in [0.25, 0.3) is 0 Å². The number of aromatic nitrogens is 2. The van der Waals surface area contributed by atoms with Crippen molar-refractivity contribution in [1.29, 1.82) is 0 Å². The van der Waals surface area contributed by atoms with Gasteiger partial charge in [-0.1, -0.05) is 37.3 Å². The Morgan fingerprint density at radius 3 is 2.77 bits per heavy atom. The molecule has 3 aromatic rings. The number of hydrogen-bond donors (Lipinski definition) is 1. The van der Waals surface area contributed by atoms with Crippen LogP contribution in [-0.2, 0) is 24.2 Å². The fourth-order valence-corrected chi connectivity index (χ4v) is 4.00. The number of hydrogen-bond acceptors (Lipinski definition) is 4. The molecule has 1 aliphatic carbocycles. The van der Waals surface area contributed by atoms with E-state index in [0.29, 0.717) is 26.1 Å². The normalized spacial score (nSPS) is 14.4. The topological polar surface area (TPSA) is 64.2 Å². The molecule has 0 spiro atoms. The minimum atomic E-state index is -0.195. The SMILES string of the molecule is CCCOCc1c(O[C@@H](Cc2ncc[nH]2)c2ccccc2)ccc2c1CCCC2=O.